The first-order chi connectivity index (χ1) is 18.0. The van der Waals surface area contributed by atoms with Gasteiger partial charge >= 0.3 is 5.69 Å². The van der Waals surface area contributed by atoms with E-state index in [2.05, 4.69) is 16.6 Å². The summed E-state index contributed by atoms with van der Waals surface area (Å²) in [4.78, 5) is 21.3. The number of methoxy groups -OCH3 is 1. The lowest BCUT2D eigenvalue weighted by Gasteiger charge is -2.24. The Morgan fingerprint density at radius 2 is 1.38 bits per heavy atom. The molecule has 0 atom stereocenters. The highest BCUT2D eigenvalue weighted by Crippen LogP contribution is 2.38. The van der Waals surface area contributed by atoms with Crippen molar-refractivity contribution in [1.82, 2.24) is 0 Å². The van der Waals surface area contributed by atoms with E-state index in [0.29, 0.717) is 5.71 Å². The topological polar surface area (TPSA) is 120 Å². The number of benzene rings is 4. The molecule has 5 rings (SSSR count). The van der Waals surface area contributed by atoms with Crippen molar-refractivity contribution in [3.05, 3.63) is 139 Å². The smallest absolute Gasteiger partial charge is 0.301 e. The van der Waals surface area contributed by atoms with Gasteiger partial charge in [0.05, 0.1) is 28.7 Å². The van der Waals surface area contributed by atoms with E-state index in [-0.39, 0.29) is 11.4 Å². The summed E-state index contributed by atoms with van der Waals surface area (Å²) in [5, 5.41) is 27.2. The second kappa shape index (κ2) is 9.74. The van der Waals surface area contributed by atoms with Gasteiger partial charge in [0.1, 0.15) is 11.4 Å². The van der Waals surface area contributed by atoms with Gasteiger partial charge in [-0.05, 0) is 46.5 Å². The van der Waals surface area contributed by atoms with E-state index in [1.54, 1.807) is 7.11 Å². The number of rotatable bonds is 6. The van der Waals surface area contributed by atoms with Gasteiger partial charge in [-0.3, -0.25) is 25.7 Å². The van der Waals surface area contributed by atoms with Crippen LogP contribution in [0.2, 0.25) is 0 Å². The first kappa shape index (κ1) is 23.4. The van der Waals surface area contributed by atoms with Gasteiger partial charge in [0, 0.05) is 17.2 Å². The van der Waals surface area contributed by atoms with Gasteiger partial charge in [-0.1, -0.05) is 60.7 Å². The minimum atomic E-state index is -0.674. The number of nitrogens with zero attached hydrogens (tertiary/aromatic N) is 3. The van der Waals surface area contributed by atoms with Gasteiger partial charge in [0.2, 0.25) is 0 Å². The summed E-state index contributed by atoms with van der Waals surface area (Å²) in [6.45, 7) is 0. The molecule has 4 aromatic carbocycles. The van der Waals surface area contributed by atoms with Gasteiger partial charge in [-0.25, -0.2) is 0 Å². The molecule has 182 valence electrons. The van der Waals surface area contributed by atoms with Crippen molar-refractivity contribution in [3.8, 4) is 5.75 Å². The van der Waals surface area contributed by atoms with E-state index >= 15 is 0 Å². The number of nitro groups is 2. The summed E-state index contributed by atoms with van der Waals surface area (Å²) < 4.78 is 5.27. The fraction of sp³-hybridized carbons (Fsp3) is 0.0357. The van der Waals surface area contributed by atoms with Crippen molar-refractivity contribution in [2.24, 2.45) is 5.10 Å². The Labute approximate surface area is 211 Å². The Morgan fingerprint density at radius 3 is 1.92 bits per heavy atom. The molecule has 0 aliphatic heterocycles. The number of nitro benzene ring substituents is 2. The Kier molecular flexibility index (Phi) is 6.17. The van der Waals surface area contributed by atoms with Crippen LogP contribution in [-0.2, 0) is 0 Å². The highest BCUT2D eigenvalue weighted by molar-refractivity contribution is 6.23. The Hall–Kier alpha value is -5.31. The van der Waals surface area contributed by atoms with Crippen LogP contribution in [0.3, 0.4) is 0 Å². The van der Waals surface area contributed by atoms with Gasteiger partial charge in [-0.2, -0.15) is 5.10 Å². The van der Waals surface area contributed by atoms with Gasteiger partial charge in [0.15, 0.2) is 0 Å². The number of hydrogen-bond donors (Lipinski definition) is 1. The van der Waals surface area contributed by atoms with Gasteiger partial charge < -0.3 is 4.74 Å². The van der Waals surface area contributed by atoms with Crippen LogP contribution in [-0.4, -0.2) is 22.7 Å². The third kappa shape index (κ3) is 4.53. The first-order valence-electron chi connectivity index (χ1n) is 11.3. The average molecular weight is 492 g/mol. The molecule has 1 aliphatic carbocycles. The molecular formula is C28H20N4O5. The number of non-ortho nitro benzene ring substituents is 1. The maximum Gasteiger partial charge on any atom is 0.301 e. The average Bonchev–Trinajstić information content (AvgIpc) is 2.92. The molecule has 4 aromatic rings. The monoisotopic (exact) mass is 492 g/mol. The standard InChI is InChI=1S/C28H20N4O5/c1-37-20-13-10-18(11-14-20)16-25-21-6-2-4-8-23(21)28(24-9-5-3-7-22(24)25)30-29-26-15-12-19(31(33)34)17-27(26)32(35)36/h2-17,29H,1H3. The second-order valence-electron chi connectivity index (χ2n) is 8.21. The summed E-state index contributed by atoms with van der Waals surface area (Å²) in [7, 11) is 1.63. The summed E-state index contributed by atoms with van der Waals surface area (Å²) in [6.07, 6.45) is 2.10. The van der Waals surface area contributed by atoms with E-state index in [0.717, 1.165) is 45.2 Å². The molecule has 0 spiro atoms. The lowest BCUT2D eigenvalue weighted by atomic mass is 9.80. The van der Waals surface area contributed by atoms with E-state index in [9.17, 15) is 20.2 Å². The summed E-state index contributed by atoms with van der Waals surface area (Å²) in [5.74, 6) is 0.771. The van der Waals surface area contributed by atoms with Crippen LogP contribution in [0.25, 0.3) is 11.6 Å². The van der Waals surface area contributed by atoms with Crippen molar-refractivity contribution in [1.29, 1.82) is 0 Å². The SMILES string of the molecule is COc1ccc(C=C2c3ccccc3C(=NNc3ccc([N+](=O)[O-])cc3[N+](=O)[O-])c3ccccc32)cc1. The highest BCUT2D eigenvalue weighted by atomic mass is 16.6. The van der Waals surface area contributed by atoms with Gasteiger partial charge in [-0.15, -0.1) is 0 Å². The molecule has 0 bridgehead atoms. The van der Waals surface area contributed by atoms with Crippen LogP contribution >= 0.6 is 0 Å². The number of hydrazone groups is 1. The van der Waals surface area contributed by atoms with Crippen LogP contribution in [0.5, 0.6) is 5.75 Å². The van der Waals surface area contributed by atoms with Crippen LogP contribution < -0.4 is 10.2 Å². The Bertz CT molecular complexity index is 1540. The normalized spacial score (nSPS) is 11.7. The van der Waals surface area contributed by atoms with E-state index in [1.807, 2.05) is 72.8 Å². The molecular weight excluding hydrogens is 472 g/mol. The van der Waals surface area contributed by atoms with Crippen molar-refractivity contribution in [3.63, 3.8) is 0 Å². The molecule has 9 heteroatoms. The maximum absolute atomic E-state index is 11.6. The van der Waals surface area contributed by atoms with Crippen LogP contribution in [0.4, 0.5) is 17.1 Å². The Balaban J connectivity index is 1.62. The van der Waals surface area contributed by atoms with E-state index < -0.39 is 15.5 Å². The number of nitrogens with one attached hydrogen (secondary N) is 1. The number of anilines is 1. The van der Waals surface area contributed by atoms with Crippen molar-refractivity contribution < 1.29 is 14.6 Å². The number of hydrogen-bond acceptors (Lipinski definition) is 7. The predicted octanol–water partition coefficient (Wildman–Crippen LogP) is 6.28. The summed E-state index contributed by atoms with van der Waals surface area (Å²) >= 11 is 0. The largest absolute Gasteiger partial charge is 0.497 e. The first-order valence-corrected chi connectivity index (χ1v) is 11.3. The minimum absolute atomic E-state index is 0.0534. The van der Waals surface area contributed by atoms with E-state index in [1.165, 1.54) is 12.1 Å². The Morgan fingerprint density at radius 1 is 0.784 bits per heavy atom. The molecule has 0 aromatic heterocycles. The molecule has 37 heavy (non-hydrogen) atoms. The van der Waals surface area contributed by atoms with Crippen LogP contribution in [0.1, 0.15) is 27.8 Å². The lowest BCUT2D eigenvalue weighted by molar-refractivity contribution is -0.393. The third-order valence-corrected chi connectivity index (χ3v) is 6.05. The molecule has 0 saturated heterocycles. The van der Waals surface area contributed by atoms with E-state index in [4.69, 9.17) is 4.74 Å². The predicted molar refractivity (Wildman–Crippen MR) is 142 cm³/mol. The molecule has 0 saturated carbocycles. The van der Waals surface area contributed by atoms with Crippen LogP contribution in [0, 0.1) is 20.2 Å². The zero-order chi connectivity index (χ0) is 25.9. The molecule has 0 fully saturated rings. The highest BCUT2D eigenvalue weighted by Gasteiger charge is 2.26. The second-order valence-corrected chi connectivity index (χ2v) is 8.21. The molecule has 9 nitrogen and oxygen atoms in total. The van der Waals surface area contributed by atoms with Crippen molar-refractivity contribution in [2.75, 3.05) is 12.5 Å². The van der Waals surface area contributed by atoms with Gasteiger partial charge in [0.25, 0.3) is 5.69 Å². The number of ether oxygens (including phenoxy) is 1. The summed E-state index contributed by atoms with van der Waals surface area (Å²) in [6, 6.07) is 26.8. The van der Waals surface area contributed by atoms with Crippen molar-refractivity contribution in [2.45, 2.75) is 0 Å². The molecule has 0 amide bonds. The molecule has 0 heterocycles. The fourth-order valence-corrected chi connectivity index (χ4v) is 4.28. The quantitative estimate of drug-likeness (QED) is 0.220. The zero-order valence-electron chi connectivity index (χ0n) is 19.6. The number of fused-ring (bicyclic) bond motifs is 2. The zero-order valence-corrected chi connectivity index (χ0v) is 19.6. The van der Waals surface area contributed by atoms with Crippen molar-refractivity contribution >= 4 is 34.4 Å². The summed E-state index contributed by atoms with van der Waals surface area (Å²) in [5.41, 5.74) is 8.24. The third-order valence-electron chi connectivity index (χ3n) is 6.05. The molecule has 0 unspecified atom stereocenters. The maximum atomic E-state index is 11.6. The lowest BCUT2D eigenvalue weighted by Crippen LogP contribution is -2.17. The fourth-order valence-electron chi connectivity index (χ4n) is 4.28. The minimum Gasteiger partial charge on any atom is -0.497 e. The molecule has 1 N–H and O–H groups in total. The van der Waals surface area contributed by atoms with Crippen LogP contribution in [0.15, 0.2) is 96.1 Å². The molecule has 1 aliphatic rings. The molecule has 0 radical (unpaired) electrons.